The van der Waals surface area contributed by atoms with E-state index in [9.17, 15) is 4.79 Å². The third-order valence-corrected chi connectivity index (χ3v) is 7.23. The summed E-state index contributed by atoms with van der Waals surface area (Å²) < 4.78 is 29.4. The van der Waals surface area contributed by atoms with Crippen molar-refractivity contribution in [2.24, 2.45) is 0 Å². The van der Waals surface area contributed by atoms with Gasteiger partial charge in [0.05, 0.1) is 50.4 Å². The van der Waals surface area contributed by atoms with Gasteiger partial charge in [-0.15, -0.1) is 12.4 Å². The Morgan fingerprint density at radius 3 is 2.31 bits per heavy atom. The van der Waals surface area contributed by atoms with E-state index >= 15 is 0 Å². The summed E-state index contributed by atoms with van der Waals surface area (Å²) in [7, 11) is 1.63. The standard InChI is InChI=1S/C28H37N3O6S.ClH/c1-5-35-23-17-20(18-24(36-6-2)26(23)37-7-3)27(32)31(12-8-11-30-13-15-34-16-14-30)28-29-22-19-21(33-4)9-10-25(22)38-28;/h9-10,17-19H,5-8,11-16H2,1-4H3;1H. The predicted octanol–water partition coefficient (Wildman–Crippen LogP) is 5.29. The smallest absolute Gasteiger partial charge is 0.260 e. The van der Waals surface area contributed by atoms with Crippen LogP contribution in [0.4, 0.5) is 5.13 Å². The first-order valence-corrected chi connectivity index (χ1v) is 14.0. The predicted molar refractivity (Wildman–Crippen MR) is 157 cm³/mol. The summed E-state index contributed by atoms with van der Waals surface area (Å²) in [6.07, 6.45) is 0.804. The molecular formula is C28H38ClN3O6S. The second kappa shape index (κ2) is 15.1. The van der Waals surface area contributed by atoms with Gasteiger partial charge in [0.1, 0.15) is 5.75 Å². The number of nitrogens with zero attached hydrogens (tertiary/aromatic N) is 3. The zero-order chi connectivity index (χ0) is 26.9. The number of fused-ring (bicyclic) bond motifs is 1. The van der Waals surface area contributed by atoms with Gasteiger partial charge < -0.3 is 23.7 Å². The third-order valence-electron chi connectivity index (χ3n) is 6.18. The molecule has 0 radical (unpaired) electrons. The van der Waals surface area contributed by atoms with Gasteiger partial charge in [0, 0.05) is 37.8 Å². The van der Waals surface area contributed by atoms with Gasteiger partial charge in [0.2, 0.25) is 5.75 Å². The quantitative estimate of drug-likeness (QED) is 0.270. The van der Waals surface area contributed by atoms with Gasteiger partial charge >= 0.3 is 0 Å². The van der Waals surface area contributed by atoms with E-state index in [-0.39, 0.29) is 18.3 Å². The van der Waals surface area contributed by atoms with E-state index in [1.54, 1.807) is 24.1 Å². The molecule has 0 N–H and O–H groups in total. The molecule has 2 heterocycles. The molecule has 1 amide bonds. The maximum absolute atomic E-state index is 14.1. The van der Waals surface area contributed by atoms with Crippen molar-refractivity contribution in [3.63, 3.8) is 0 Å². The largest absolute Gasteiger partial charge is 0.497 e. The van der Waals surface area contributed by atoms with Gasteiger partial charge in [-0.2, -0.15) is 0 Å². The van der Waals surface area contributed by atoms with Gasteiger partial charge in [0.25, 0.3) is 5.91 Å². The lowest BCUT2D eigenvalue weighted by Crippen LogP contribution is -2.39. The molecule has 39 heavy (non-hydrogen) atoms. The molecule has 0 aliphatic carbocycles. The summed E-state index contributed by atoms with van der Waals surface area (Å²) in [4.78, 5) is 23.0. The van der Waals surface area contributed by atoms with Gasteiger partial charge in [-0.1, -0.05) is 11.3 Å². The van der Waals surface area contributed by atoms with Crippen LogP contribution in [0.15, 0.2) is 30.3 Å². The van der Waals surface area contributed by atoms with Crippen LogP contribution >= 0.6 is 23.7 Å². The number of amides is 1. The normalized spacial score (nSPS) is 13.5. The number of morpholine rings is 1. The van der Waals surface area contributed by atoms with E-state index in [0.29, 0.717) is 54.3 Å². The average molecular weight is 580 g/mol. The highest BCUT2D eigenvalue weighted by molar-refractivity contribution is 7.22. The highest BCUT2D eigenvalue weighted by Gasteiger charge is 2.25. The van der Waals surface area contributed by atoms with Crippen molar-refractivity contribution in [1.29, 1.82) is 0 Å². The Balaban J connectivity index is 0.00000420. The molecule has 1 saturated heterocycles. The van der Waals surface area contributed by atoms with Crippen molar-refractivity contribution in [2.45, 2.75) is 27.2 Å². The minimum absolute atomic E-state index is 0. The molecule has 1 fully saturated rings. The number of halogens is 1. The fraction of sp³-hybridized carbons (Fsp3) is 0.500. The number of hydrogen-bond donors (Lipinski definition) is 0. The Labute approximate surface area is 240 Å². The second-order valence-corrected chi connectivity index (χ2v) is 9.70. The van der Waals surface area contributed by atoms with Crippen LogP contribution in [0.3, 0.4) is 0 Å². The molecule has 0 saturated carbocycles. The molecular weight excluding hydrogens is 542 g/mol. The third kappa shape index (κ3) is 7.66. The number of hydrogen-bond acceptors (Lipinski definition) is 9. The van der Waals surface area contributed by atoms with Crippen molar-refractivity contribution in [1.82, 2.24) is 9.88 Å². The van der Waals surface area contributed by atoms with Gasteiger partial charge in [-0.25, -0.2) is 4.98 Å². The van der Waals surface area contributed by atoms with Crippen LogP contribution in [-0.2, 0) is 4.74 Å². The summed E-state index contributed by atoms with van der Waals surface area (Å²) in [5, 5.41) is 0.644. The molecule has 9 nitrogen and oxygen atoms in total. The van der Waals surface area contributed by atoms with Crippen molar-refractivity contribution in [3.05, 3.63) is 35.9 Å². The van der Waals surface area contributed by atoms with Crippen LogP contribution in [0.2, 0.25) is 0 Å². The number of methoxy groups -OCH3 is 1. The summed E-state index contributed by atoms with van der Waals surface area (Å²) >= 11 is 1.49. The fourth-order valence-corrected chi connectivity index (χ4v) is 5.34. The fourth-order valence-electron chi connectivity index (χ4n) is 4.37. The Bertz CT molecular complexity index is 1190. The summed E-state index contributed by atoms with van der Waals surface area (Å²) in [6.45, 7) is 11.7. The van der Waals surface area contributed by atoms with Crippen molar-refractivity contribution >= 4 is 45.0 Å². The molecule has 0 unspecified atom stereocenters. The molecule has 0 atom stereocenters. The molecule has 4 rings (SSSR count). The number of carbonyl (C=O) groups is 1. The number of thiazole rings is 1. The van der Waals surface area contributed by atoms with E-state index in [4.69, 9.17) is 28.7 Å². The number of ether oxygens (including phenoxy) is 5. The molecule has 0 spiro atoms. The molecule has 1 aliphatic heterocycles. The topological polar surface area (TPSA) is 82.6 Å². The minimum Gasteiger partial charge on any atom is -0.497 e. The summed E-state index contributed by atoms with van der Waals surface area (Å²) in [5.41, 5.74) is 1.26. The van der Waals surface area contributed by atoms with Gasteiger partial charge in [0.15, 0.2) is 16.6 Å². The van der Waals surface area contributed by atoms with Crippen LogP contribution in [0.5, 0.6) is 23.0 Å². The van der Waals surface area contributed by atoms with Crippen molar-refractivity contribution in [2.75, 3.05) is 71.2 Å². The van der Waals surface area contributed by atoms with Crippen LogP contribution in [0.1, 0.15) is 37.6 Å². The summed E-state index contributed by atoms with van der Waals surface area (Å²) in [6, 6.07) is 9.26. The number of aromatic nitrogens is 1. The monoisotopic (exact) mass is 579 g/mol. The number of rotatable bonds is 13. The lowest BCUT2D eigenvalue weighted by atomic mass is 10.1. The highest BCUT2D eigenvalue weighted by Crippen LogP contribution is 2.40. The summed E-state index contributed by atoms with van der Waals surface area (Å²) in [5.74, 6) is 2.06. The first-order valence-electron chi connectivity index (χ1n) is 13.2. The Kier molecular flexibility index (Phi) is 11.9. The van der Waals surface area contributed by atoms with Crippen molar-refractivity contribution < 1.29 is 28.5 Å². The van der Waals surface area contributed by atoms with E-state index in [2.05, 4.69) is 4.90 Å². The Hall–Kier alpha value is -2.79. The van der Waals surface area contributed by atoms with Crippen LogP contribution in [0.25, 0.3) is 10.2 Å². The van der Waals surface area contributed by atoms with Crippen LogP contribution in [-0.4, -0.2) is 82.1 Å². The lowest BCUT2D eigenvalue weighted by molar-refractivity contribution is 0.0376. The Morgan fingerprint density at radius 2 is 1.69 bits per heavy atom. The SMILES string of the molecule is CCOc1cc(C(=O)N(CCCN2CCOCC2)c2nc3cc(OC)ccc3s2)cc(OCC)c1OCC.Cl. The zero-order valence-corrected chi connectivity index (χ0v) is 24.7. The lowest BCUT2D eigenvalue weighted by Gasteiger charge is -2.28. The molecule has 3 aromatic rings. The van der Waals surface area contributed by atoms with E-state index in [1.165, 1.54) is 11.3 Å². The van der Waals surface area contributed by atoms with E-state index in [1.807, 2.05) is 39.0 Å². The molecule has 2 aromatic carbocycles. The first kappa shape index (κ1) is 30.7. The second-order valence-electron chi connectivity index (χ2n) is 8.70. The first-order chi connectivity index (χ1) is 18.6. The molecule has 214 valence electrons. The Morgan fingerprint density at radius 1 is 1.03 bits per heavy atom. The maximum atomic E-state index is 14.1. The highest BCUT2D eigenvalue weighted by atomic mass is 35.5. The number of carbonyl (C=O) groups excluding carboxylic acids is 1. The number of benzene rings is 2. The van der Waals surface area contributed by atoms with Crippen LogP contribution in [0, 0.1) is 0 Å². The molecule has 0 bridgehead atoms. The average Bonchev–Trinajstić information content (AvgIpc) is 3.36. The number of anilines is 1. The van der Waals surface area contributed by atoms with E-state index < -0.39 is 0 Å². The minimum atomic E-state index is -0.164. The van der Waals surface area contributed by atoms with Gasteiger partial charge in [-0.3, -0.25) is 14.6 Å². The van der Waals surface area contributed by atoms with Gasteiger partial charge in [-0.05, 0) is 51.5 Å². The molecule has 1 aliphatic rings. The molecule has 1 aromatic heterocycles. The zero-order valence-electron chi connectivity index (χ0n) is 23.1. The maximum Gasteiger partial charge on any atom is 0.260 e. The van der Waals surface area contributed by atoms with E-state index in [0.717, 1.165) is 55.2 Å². The van der Waals surface area contributed by atoms with Crippen molar-refractivity contribution in [3.8, 4) is 23.0 Å². The van der Waals surface area contributed by atoms with Crippen LogP contribution < -0.4 is 23.8 Å². The molecule has 11 heteroatoms.